The van der Waals surface area contributed by atoms with Crippen LogP contribution in [0.25, 0.3) is 0 Å². The monoisotopic (exact) mass is 279 g/mol. The molecule has 1 saturated heterocycles. The van der Waals surface area contributed by atoms with Gasteiger partial charge < -0.3 is 19.9 Å². The Morgan fingerprint density at radius 3 is 3.05 bits per heavy atom. The Kier molecular flexibility index (Phi) is 4.79. The number of hydrogen-bond donors (Lipinski definition) is 1. The Labute approximate surface area is 118 Å². The molecule has 20 heavy (non-hydrogen) atoms. The second-order valence-electron chi connectivity index (χ2n) is 5.23. The van der Waals surface area contributed by atoms with Crippen LogP contribution in [0, 0.1) is 5.92 Å². The molecule has 1 aliphatic rings. The number of hydrogen-bond acceptors (Lipinski definition) is 4. The fourth-order valence-electron chi connectivity index (χ4n) is 2.58. The van der Waals surface area contributed by atoms with Crippen LogP contribution in [-0.2, 0) is 16.1 Å². The summed E-state index contributed by atoms with van der Waals surface area (Å²) < 4.78 is 6.51. The maximum absolute atomic E-state index is 12.3. The highest BCUT2D eigenvalue weighted by molar-refractivity contribution is 5.76. The number of likely N-dealkylation sites (tertiary alicyclic amines) is 1. The summed E-state index contributed by atoms with van der Waals surface area (Å²) in [5.74, 6) is 0.341. The van der Waals surface area contributed by atoms with Crippen molar-refractivity contribution in [1.82, 2.24) is 9.47 Å². The van der Waals surface area contributed by atoms with Crippen molar-refractivity contribution in [2.45, 2.75) is 19.4 Å². The van der Waals surface area contributed by atoms with E-state index in [4.69, 9.17) is 10.5 Å². The number of aromatic nitrogens is 1. The molecule has 6 nitrogen and oxygen atoms in total. The zero-order valence-electron chi connectivity index (χ0n) is 11.7. The minimum Gasteiger partial charge on any atom is -0.398 e. The van der Waals surface area contributed by atoms with E-state index in [1.807, 2.05) is 4.90 Å². The van der Waals surface area contributed by atoms with E-state index in [-0.39, 0.29) is 18.0 Å². The molecule has 2 N–H and O–H groups in total. The highest BCUT2D eigenvalue weighted by Gasteiger charge is 2.23. The van der Waals surface area contributed by atoms with Crippen LogP contribution >= 0.6 is 0 Å². The van der Waals surface area contributed by atoms with Gasteiger partial charge in [-0.2, -0.15) is 0 Å². The lowest BCUT2D eigenvalue weighted by Gasteiger charge is -2.32. The van der Waals surface area contributed by atoms with E-state index in [1.165, 1.54) is 16.8 Å². The maximum atomic E-state index is 12.3. The smallest absolute Gasteiger partial charge is 0.251 e. The normalized spacial score (nSPS) is 19.1. The van der Waals surface area contributed by atoms with E-state index in [9.17, 15) is 9.59 Å². The number of nitrogens with two attached hydrogens (primary N) is 1. The summed E-state index contributed by atoms with van der Waals surface area (Å²) in [5.41, 5.74) is 5.91. The Hall–Kier alpha value is -1.82. The topological polar surface area (TPSA) is 77.6 Å². The van der Waals surface area contributed by atoms with Crippen LogP contribution in [0.4, 0.5) is 5.69 Å². The predicted octanol–water partition coefficient (Wildman–Crippen LogP) is 0.316. The van der Waals surface area contributed by atoms with Crippen LogP contribution < -0.4 is 11.3 Å². The van der Waals surface area contributed by atoms with Crippen molar-refractivity contribution in [1.29, 1.82) is 0 Å². The molecule has 6 heteroatoms. The first-order chi connectivity index (χ1) is 9.60. The highest BCUT2D eigenvalue weighted by atomic mass is 16.5. The van der Waals surface area contributed by atoms with Crippen LogP contribution in [0.2, 0.25) is 0 Å². The molecule has 1 atom stereocenters. The number of rotatable bonds is 4. The van der Waals surface area contributed by atoms with Gasteiger partial charge in [0.05, 0.1) is 6.61 Å². The van der Waals surface area contributed by atoms with Gasteiger partial charge in [0.15, 0.2) is 0 Å². The lowest BCUT2D eigenvalue weighted by Crippen LogP contribution is -2.43. The molecule has 0 aromatic carbocycles. The SMILES string of the molecule is COCC1CCCN(C(=O)Cn2cc(N)ccc2=O)C1. The summed E-state index contributed by atoms with van der Waals surface area (Å²) >= 11 is 0. The number of piperidine rings is 1. The Balaban J connectivity index is 2.00. The summed E-state index contributed by atoms with van der Waals surface area (Å²) in [6, 6.07) is 2.92. The number of nitrogen functional groups attached to an aromatic ring is 1. The van der Waals surface area contributed by atoms with E-state index in [1.54, 1.807) is 13.2 Å². The average Bonchev–Trinajstić information content (AvgIpc) is 2.43. The van der Waals surface area contributed by atoms with Crippen LogP contribution in [0.15, 0.2) is 23.1 Å². The third kappa shape index (κ3) is 3.60. The van der Waals surface area contributed by atoms with E-state index < -0.39 is 0 Å². The summed E-state index contributed by atoms with van der Waals surface area (Å²) in [6.45, 7) is 2.16. The second kappa shape index (κ2) is 6.56. The highest BCUT2D eigenvalue weighted by Crippen LogP contribution is 2.17. The standard InChI is InChI=1S/C14H21N3O3/c1-20-10-11-3-2-6-16(7-11)14(19)9-17-8-12(15)4-5-13(17)18/h4-5,8,11H,2-3,6-7,9-10,15H2,1H3. The fraction of sp³-hybridized carbons (Fsp3) is 0.571. The van der Waals surface area contributed by atoms with Gasteiger partial charge in [-0.1, -0.05) is 0 Å². The molecule has 2 rings (SSSR count). The molecule has 1 aliphatic heterocycles. The van der Waals surface area contributed by atoms with Gasteiger partial charge in [-0.05, 0) is 24.8 Å². The van der Waals surface area contributed by atoms with Gasteiger partial charge in [0.1, 0.15) is 6.54 Å². The second-order valence-corrected chi connectivity index (χ2v) is 5.23. The molecular weight excluding hydrogens is 258 g/mol. The minimum absolute atomic E-state index is 0.0431. The first-order valence-electron chi connectivity index (χ1n) is 6.83. The molecular formula is C14H21N3O3. The molecule has 110 valence electrons. The minimum atomic E-state index is -0.210. The van der Waals surface area contributed by atoms with Crippen molar-refractivity contribution in [3.8, 4) is 0 Å². The van der Waals surface area contributed by atoms with Crippen LogP contribution in [0.5, 0.6) is 0 Å². The molecule has 1 fully saturated rings. The molecule has 0 aliphatic carbocycles. The van der Waals surface area contributed by atoms with Crippen molar-refractivity contribution < 1.29 is 9.53 Å². The van der Waals surface area contributed by atoms with Crippen molar-refractivity contribution in [3.05, 3.63) is 28.7 Å². The van der Waals surface area contributed by atoms with Gasteiger partial charge >= 0.3 is 0 Å². The molecule has 1 unspecified atom stereocenters. The van der Waals surface area contributed by atoms with Gasteiger partial charge in [0.25, 0.3) is 5.56 Å². The zero-order chi connectivity index (χ0) is 14.5. The average molecular weight is 279 g/mol. The van der Waals surface area contributed by atoms with Crippen molar-refractivity contribution in [3.63, 3.8) is 0 Å². The summed E-state index contributed by atoms with van der Waals surface area (Å²) in [5, 5.41) is 0. The maximum Gasteiger partial charge on any atom is 0.251 e. The fourth-order valence-corrected chi connectivity index (χ4v) is 2.58. The number of carbonyl (C=O) groups is 1. The van der Waals surface area contributed by atoms with Gasteiger partial charge in [0.2, 0.25) is 5.91 Å². The summed E-state index contributed by atoms with van der Waals surface area (Å²) in [6.07, 6.45) is 3.57. The van der Waals surface area contributed by atoms with Crippen molar-refractivity contribution in [2.75, 3.05) is 32.5 Å². The van der Waals surface area contributed by atoms with Gasteiger partial charge in [-0.25, -0.2) is 0 Å². The number of pyridine rings is 1. The largest absolute Gasteiger partial charge is 0.398 e. The third-order valence-corrected chi connectivity index (χ3v) is 3.59. The molecule has 1 aromatic rings. The first kappa shape index (κ1) is 14.6. The lowest BCUT2D eigenvalue weighted by molar-refractivity contribution is -0.134. The number of amides is 1. The number of carbonyl (C=O) groups excluding carboxylic acids is 1. The zero-order valence-corrected chi connectivity index (χ0v) is 11.7. The van der Waals surface area contributed by atoms with E-state index in [2.05, 4.69) is 0 Å². The van der Waals surface area contributed by atoms with Crippen molar-refractivity contribution >= 4 is 11.6 Å². The van der Waals surface area contributed by atoms with E-state index in [0.29, 0.717) is 24.8 Å². The van der Waals surface area contributed by atoms with Crippen molar-refractivity contribution in [2.24, 2.45) is 5.92 Å². The molecule has 1 aromatic heterocycles. The van der Waals surface area contributed by atoms with Crippen LogP contribution in [-0.4, -0.2) is 42.2 Å². The third-order valence-electron chi connectivity index (χ3n) is 3.59. The molecule has 0 spiro atoms. The summed E-state index contributed by atoms with van der Waals surface area (Å²) in [4.78, 5) is 25.7. The number of anilines is 1. The van der Waals surface area contributed by atoms with E-state index in [0.717, 1.165) is 19.4 Å². The predicted molar refractivity (Wildman–Crippen MR) is 76.3 cm³/mol. The Bertz CT molecular complexity index is 525. The number of ether oxygens (including phenoxy) is 1. The molecule has 1 amide bonds. The molecule has 0 bridgehead atoms. The Morgan fingerprint density at radius 2 is 2.30 bits per heavy atom. The molecule has 0 radical (unpaired) electrons. The Morgan fingerprint density at radius 1 is 1.50 bits per heavy atom. The quantitative estimate of drug-likeness (QED) is 0.861. The molecule has 2 heterocycles. The van der Waals surface area contributed by atoms with E-state index >= 15 is 0 Å². The number of methoxy groups -OCH3 is 1. The summed E-state index contributed by atoms with van der Waals surface area (Å²) in [7, 11) is 1.67. The van der Waals surface area contributed by atoms with Gasteiger partial charge in [-0.3, -0.25) is 9.59 Å². The van der Waals surface area contributed by atoms with Crippen LogP contribution in [0.3, 0.4) is 0 Å². The molecule has 0 saturated carbocycles. The van der Waals surface area contributed by atoms with Gasteiger partial charge in [0, 0.05) is 38.1 Å². The lowest BCUT2D eigenvalue weighted by atomic mass is 9.99. The van der Waals surface area contributed by atoms with Crippen LogP contribution in [0.1, 0.15) is 12.8 Å². The van der Waals surface area contributed by atoms with Gasteiger partial charge in [-0.15, -0.1) is 0 Å². The number of nitrogens with zero attached hydrogens (tertiary/aromatic N) is 2. The first-order valence-corrected chi connectivity index (χ1v) is 6.83.